The highest BCUT2D eigenvalue weighted by molar-refractivity contribution is 6.35. The molecule has 0 saturated heterocycles. The highest BCUT2D eigenvalue weighted by Crippen LogP contribution is 2.35. The zero-order chi connectivity index (χ0) is 19.7. The lowest BCUT2D eigenvalue weighted by Gasteiger charge is -2.34. The summed E-state index contributed by atoms with van der Waals surface area (Å²) < 4.78 is 0. The molecule has 1 heterocycles. The van der Waals surface area contributed by atoms with Gasteiger partial charge in [0.05, 0.1) is 11.6 Å². The molecule has 0 bridgehead atoms. The monoisotopic (exact) mass is 403 g/mol. The molecule has 27 heavy (non-hydrogen) atoms. The Labute approximate surface area is 168 Å². The largest absolute Gasteiger partial charge is 0.326 e. The Kier molecular flexibility index (Phi) is 5.44. The van der Waals surface area contributed by atoms with E-state index in [2.05, 4.69) is 10.6 Å². The molecule has 3 rings (SSSR count). The summed E-state index contributed by atoms with van der Waals surface area (Å²) in [6.45, 7) is 3.71. The zero-order valence-electron chi connectivity index (χ0n) is 15.1. The second kappa shape index (κ2) is 7.62. The van der Waals surface area contributed by atoms with Gasteiger partial charge in [-0.15, -0.1) is 0 Å². The summed E-state index contributed by atoms with van der Waals surface area (Å²) in [4.78, 5) is 26.8. The molecule has 0 unspecified atom stereocenters. The zero-order valence-corrected chi connectivity index (χ0v) is 16.7. The van der Waals surface area contributed by atoms with Crippen molar-refractivity contribution in [2.24, 2.45) is 0 Å². The van der Waals surface area contributed by atoms with E-state index in [4.69, 9.17) is 23.2 Å². The van der Waals surface area contributed by atoms with Crippen LogP contribution in [0.2, 0.25) is 10.0 Å². The van der Waals surface area contributed by atoms with Gasteiger partial charge in [0, 0.05) is 28.5 Å². The molecule has 3 amide bonds. The van der Waals surface area contributed by atoms with Crippen molar-refractivity contribution in [1.82, 2.24) is 10.2 Å². The van der Waals surface area contributed by atoms with E-state index < -0.39 is 6.04 Å². The Bertz CT molecular complexity index is 939. The molecular weight excluding hydrogens is 385 g/mol. The van der Waals surface area contributed by atoms with Gasteiger partial charge >= 0.3 is 6.03 Å². The molecule has 0 fully saturated rings. The molecule has 0 aromatic heterocycles. The molecule has 1 aliphatic rings. The fourth-order valence-corrected chi connectivity index (χ4v) is 3.45. The number of halogens is 2. The lowest BCUT2D eigenvalue weighted by Crippen LogP contribution is -2.46. The fraction of sp³-hybridized carbons (Fsp3) is 0.200. The van der Waals surface area contributed by atoms with Crippen molar-refractivity contribution in [2.75, 3.05) is 12.4 Å². The number of anilines is 1. The maximum absolute atomic E-state index is 13.1. The molecule has 2 N–H and O–H groups in total. The smallest absolute Gasteiger partial charge is 0.322 e. The maximum Gasteiger partial charge on any atom is 0.322 e. The Morgan fingerprint density at radius 2 is 1.78 bits per heavy atom. The molecule has 140 valence electrons. The molecule has 0 saturated carbocycles. The number of hydrogen-bond acceptors (Lipinski definition) is 2. The molecule has 0 aliphatic carbocycles. The summed E-state index contributed by atoms with van der Waals surface area (Å²) in [7, 11) is 1.61. The van der Waals surface area contributed by atoms with E-state index >= 15 is 0 Å². The SMILES string of the molecule is CC1=C(C(=O)Nc2ccc(C)cc2)[C@@H](c2ccc(Cl)cc2Cl)NC(=O)N1C. The van der Waals surface area contributed by atoms with Crippen molar-refractivity contribution >= 4 is 40.8 Å². The van der Waals surface area contributed by atoms with Gasteiger partial charge in [-0.2, -0.15) is 0 Å². The number of urea groups is 1. The number of benzene rings is 2. The summed E-state index contributed by atoms with van der Waals surface area (Å²) >= 11 is 12.3. The predicted molar refractivity (Wildman–Crippen MR) is 108 cm³/mol. The Morgan fingerprint density at radius 1 is 1.11 bits per heavy atom. The third-order valence-electron chi connectivity index (χ3n) is 4.58. The third kappa shape index (κ3) is 3.94. The molecule has 5 nitrogen and oxygen atoms in total. The summed E-state index contributed by atoms with van der Waals surface area (Å²) in [5, 5.41) is 6.59. The van der Waals surface area contributed by atoms with Crippen LogP contribution in [0.5, 0.6) is 0 Å². The molecule has 2 aromatic carbocycles. The maximum atomic E-state index is 13.1. The number of hydrogen-bond donors (Lipinski definition) is 2. The van der Waals surface area contributed by atoms with Crippen LogP contribution in [0.4, 0.5) is 10.5 Å². The Morgan fingerprint density at radius 3 is 2.41 bits per heavy atom. The average Bonchev–Trinajstić information content (AvgIpc) is 2.61. The molecule has 1 atom stereocenters. The quantitative estimate of drug-likeness (QED) is 0.764. The van der Waals surface area contributed by atoms with Crippen LogP contribution in [0, 0.1) is 6.92 Å². The van der Waals surface area contributed by atoms with Gasteiger partial charge in [-0.05, 0) is 43.7 Å². The van der Waals surface area contributed by atoms with Gasteiger partial charge in [-0.25, -0.2) is 4.79 Å². The number of carbonyl (C=O) groups excluding carboxylic acids is 2. The molecule has 0 radical (unpaired) electrons. The molecule has 2 aromatic rings. The number of nitrogens with one attached hydrogen (secondary N) is 2. The predicted octanol–water partition coefficient (Wildman–Crippen LogP) is 4.91. The minimum absolute atomic E-state index is 0.306. The molecular formula is C20H19Cl2N3O2. The molecule has 7 heteroatoms. The standard InChI is InChI=1S/C20H19Cl2N3O2/c1-11-4-7-14(8-5-11)23-19(26)17-12(2)25(3)20(27)24-18(17)15-9-6-13(21)10-16(15)22/h4-10,18H,1-3H3,(H,23,26)(H,24,27)/t18-/m1/s1. The van der Waals surface area contributed by atoms with Crippen LogP contribution < -0.4 is 10.6 Å². The minimum atomic E-state index is -0.677. The highest BCUT2D eigenvalue weighted by atomic mass is 35.5. The topological polar surface area (TPSA) is 61.4 Å². The molecule has 0 spiro atoms. The van der Waals surface area contributed by atoms with Gasteiger partial charge in [-0.3, -0.25) is 4.79 Å². The van der Waals surface area contributed by atoms with Crippen LogP contribution in [-0.2, 0) is 4.79 Å². The Hall–Kier alpha value is -2.50. The first-order valence-corrected chi connectivity index (χ1v) is 9.11. The van der Waals surface area contributed by atoms with Crippen LogP contribution >= 0.6 is 23.2 Å². The van der Waals surface area contributed by atoms with Crippen LogP contribution in [0.3, 0.4) is 0 Å². The number of carbonyl (C=O) groups is 2. The Balaban J connectivity index is 2.02. The van der Waals surface area contributed by atoms with Gasteiger partial charge in [0.1, 0.15) is 0 Å². The van der Waals surface area contributed by atoms with Gasteiger partial charge in [0.15, 0.2) is 0 Å². The van der Waals surface area contributed by atoms with Crippen molar-refractivity contribution in [3.63, 3.8) is 0 Å². The first-order chi connectivity index (χ1) is 12.8. The first kappa shape index (κ1) is 19.3. The van der Waals surface area contributed by atoms with Crippen molar-refractivity contribution < 1.29 is 9.59 Å². The van der Waals surface area contributed by atoms with E-state index in [1.807, 2.05) is 31.2 Å². The average molecular weight is 404 g/mol. The first-order valence-electron chi connectivity index (χ1n) is 8.36. The number of rotatable bonds is 3. The van der Waals surface area contributed by atoms with E-state index in [1.165, 1.54) is 4.90 Å². The van der Waals surface area contributed by atoms with Crippen LogP contribution in [-0.4, -0.2) is 23.9 Å². The van der Waals surface area contributed by atoms with Crippen LogP contribution in [0.25, 0.3) is 0 Å². The van der Waals surface area contributed by atoms with Crippen LogP contribution in [0.1, 0.15) is 24.1 Å². The second-order valence-corrected chi connectivity index (χ2v) is 7.27. The van der Waals surface area contributed by atoms with Crippen molar-refractivity contribution in [2.45, 2.75) is 19.9 Å². The molecule has 1 aliphatic heterocycles. The number of amides is 3. The van der Waals surface area contributed by atoms with E-state index in [-0.39, 0.29) is 11.9 Å². The second-order valence-electron chi connectivity index (χ2n) is 6.43. The summed E-state index contributed by atoms with van der Waals surface area (Å²) in [5.41, 5.74) is 3.35. The minimum Gasteiger partial charge on any atom is -0.326 e. The fourth-order valence-electron chi connectivity index (χ4n) is 2.93. The number of nitrogens with zero attached hydrogens (tertiary/aromatic N) is 1. The van der Waals surface area contributed by atoms with Crippen LogP contribution in [0.15, 0.2) is 53.7 Å². The van der Waals surface area contributed by atoms with Gasteiger partial charge < -0.3 is 15.5 Å². The number of aryl methyl sites for hydroxylation is 1. The lowest BCUT2D eigenvalue weighted by atomic mass is 9.94. The summed E-state index contributed by atoms with van der Waals surface area (Å²) in [6.07, 6.45) is 0. The van der Waals surface area contributed by atoms with E-state index in [0.29, 0.717) is 32.6 Å². The summed E-state index contributed by atoms with van der Waals surface area (Å²) in [5.74, 6) is -0.306. The summed E-state index contributed by atoms with van der Waals surface area (Å²) in [6, 6.07) is 11.5. The van der Waals surface area contributed by atoms with Gasteiger partial charge in [0.25, 0.3) is 5.91 Å². The van der Waals surface area contributed by atoms with Gasteiger partial charge in [0.2, 0.25) is 0 Å². The highest BCUT2D eigenvalue weighted by Gasteiger charge is 2.35. The van der Waals surface area contributed by atoms with Gasteiger partial charge in [-0.1, -0.05) is 47.0 Å². The van der Waals surface area contributed by atoms with Crippen molar-refractivity contribution in [1.29, 1.82) is 0 Å². The van der Waals surface area contributed by atoms with E-state index in [0.717, 1.165) is 5.56 Å². The van der Waals surface area contributed by atoms with E-state index in [1.54, 1.807) is 32.2 Å². The van der Waals surface area contributed by atoms with Crippen molar-refractivity contribution in [3.05, 3.63) is 74.9 Å². The number of allylic oxidation sites excluding steroid dienone is 1. The van der Waals surface area contributed by atoms with E-state index in [9.17, 15) is 9.59 Å². The lowest BCUT2D eigenvalue weighted by molar-refractivity contribution is -0.113. The third-order valence-corrected chi connectivity index (χ3v) is 5.14. The normalized spacial score (nSPS) is 17.0. The van der Waals surface area contributed by atoms with Crippen molar-refractivity contribution in [3.8, 4) is 0 Å².